The summed E-state index contributed by atoms with van der Waals surface area (Å²) in [5.41, 5.74) is 7.98. The van der Waals surface area contributed by atoms with Gasteiger partial charge in [-0.1, -0.05) is 97.1 Å². The molecule has 11 aromatic rings. The van der Waals surface area contributed by atoms with Crippen LogP contribution in [0.15, 0.2) is 167 Å². The maximum absolute atomic E-state index is 6.50. The summed E-state index contributed by atoms with van der Waals surface area (Å²) in [6, 6.07) is 49.7. The number of para-hydroxylation sites is 1. The topological polar surface area (TPSA) is 77.8 Å². The lowest BCUT2D eigenvalue weighted by Gasteiger charge is -2.15. The Morgan fingerprint density at radius 3 is 1.81 bits per heavy atom. The molecule has 0 radical (unpaired) electrons. The molecule has 7 aromatic carbocycles. The predicted molar refractivity (Wildman–Crippen MR) is 209 cm³/mol. The molecule has 0 saturated heterocycles. The summed E-state index contributed by atoms with van der Waals surface area (Å²) >= 11 is 0. The first kappa shape index (κ1) is 28.6. The number of hydrogen-bond donors (Lipinski definition) is 0. The second-order valence-corrected chi connectivity index (χ2v) is 13.0. The Kier molecular flexibility index (Phi) is 6.15. The van der Waals surface area contributed by atoms with E-state index >= 15 is 0 Å². The third kappa shape index (κ3) is 4.44. The number of hydrogen-bond acceptors (Lipinski definition) is 6. The lowest BCUT2D eigenvalue weighted by Crippen LogP contribution is -2.01. The molecular formula is C46H26N4O2. The fourth-order valence-electron chi connectivity index (χ4n) is 7.57. The molecule has 0 fully saturated rings. The Balaban J connectivity index is 1.23. The third-order valence-corrected chi connectivity index (χ3v) is 9.98. The van der Waals surface area contributed by atoms with Crippen LogP contribution in [0.5, 0.6) is 0 Å². The highest BCUT2D eigenvalue weighted by atomic mass is 16.3. The number of furan rings is 2. The summed E-state index contributed by atoms with van der Waals surface area (Å²) in [7, 11) is 0. The van der Waals surface area contributed by atoms with Crippen LogP contribution < -0.4 is 0 Å². The van der Waals surface area contributed by atoms with E-state index in [-0.39, 0.29) is 0 Å². The fraction of sp³-hybridized carbons (Fsp3) is 0. The van der Waals surface area contributed by atoms with Crippen LogP contribution in [0.2, 0.25) is 0 Å². The van der Waals surface area contributed by atoms with Gasteiger partial charge in [-0.25, -0.2) is 15.0 Å². The highest BCUT2D eigenvalue weighted by Crippen LogP contribution is 2.43. The van der Waals surface area contributed by atoms with Crippen LogP contribution in [0, 0.1) is 0 Å². The number of nitrogens with zero attached hydrogens (tertiary/aromatic N) is 4. The summed E-state index contributed by atoms with van der Waals surface area (Å²) in [4.78, 5) is 20.0. The molecule has 52 heavy (non-hydrogen) atoms. The van der Waals surface area contributed by atoms with Crippen molar-refractivity contribution in [2.45, 2.75) is 0 Å². The van der Waals surface area contributed by atoms with Gasteiger partial charge in [-0.2, -0.15) is 0 Å². The second-order valence-electron chi connectivity index (χ2n) is 13.0. The normalized spacial score (nSPS) is 11.8. The lowest BCUT2D eigenvalue weighted by atomic mass is 9.92. The van der Waals surface area contributed by atoms with E-state index in [2.05, 4.69) is 77.8 Å². The van der Waals surface area contributed by atoms with Crippen molar-refractivity contribution < 1.29 is 8.83 Å². The molecule has 0 aliphatic heterocycles. The van der Waals surface area contributed by atoms with Crippen LogP contribution in [0.25, 0.3) is 111 Å². The molecule has 0 spiro atoms. The lowest BCUT2D eigenvalue weighted by molar-refractivity contribution is 0.669. The molecule has 0 unspecified atom stereocenters. The van der Waals surface area contributed by atoms with E-state index in [1.165, 1.54) is 0 Å². The first-order valence-electron chi connectivity index (χ1n) is 17.2. The van der Waals surface area contributed by atoms with Crippen LogP contribution in [0.4, 0.5) is 0 Å². The van der Waals surface area contributed by atoms with Gasteiger partial charge in [0.1, 0.15) is 22.3 Å². The quantitative estimate of drug-likeness (QED) is 0.186. The van der Waals surface area contributed by atoms with Crippen molar-refractivity contribution >= 4 is 65.4 Å². The zero-order chi connectivity index (χ0) is 34.2. The minimum atomic E-state index is 0.576. The standard InChI is InChI=1S/C46H26N4O2/c1-2-10-27(11-3-1)44-48-45(34-16-9-19-40-43(34)33-14-6-7-17-38(33)51-40)50-46(49-44)36-23-29-13-5-4-12-28(29)22-35(36)32-15-8-18-39-42(32)37-24-30-20-21-47-26-31(30)25-41(37)52-39/h1-26H. The zero-order valence-corrected chi connectivity index (χ0v) is 27.6. The number of pyridine rings is 1. The average Bonchev–Trinajstić information content (AvgIpc) is 3.77. The molecule has 0 saturated carbocycles. The number of benzene rings is 7. The van der Waals surface area contributed by atoms with Gasteiger partial charge >= 0.3 is 0 Å². The maximum atomic E-state index is 6.50. The summed E-state index contributed by atoms with van der Waals surface area (Å²) in [5, 5.41) is 8.44. The Bertz CT molecular complexity index is 3200. The fourth-order valence-corrected chi connectivity index (χ4v) is 7.57. The van der Waals surface area contributed by atoms with Gasteiger partial charge < -0.3 is 8.83 Å². The van der Waals surface area contributed by atoms with Gasteiger partial charge in [0.25, 0.3) is 0 Å². The number of fused-ring (bicyclic) bond motifs is 8. The predicted octanol–water partition coefficient (Wildman–Crippen LogP) is 12.0. The first-order chi connectivity index (χ1) is 25.7. The second kappa shape index (κ2) is 11.2. The van der Waals surface area contributed by atoms with Gasteiger partial charge in [0.2, 0.25) is 0 Å². The van der Waals surface area contributed by atoms with Crippen molar-refractivity contribution in [3.05, 3.63) is 158 Å². The van der Waals surface area contributed by atoms with E-state index in [0.29, 0.717) is 17.5 Å². The van der Waals surface area contributed by atoms with E-state index < -0.39 is 0 Å². The van der Waals surface area contributed by atoms with E-state index in [0.717, 1.165) is 93.2 Å². The minimum Gasteiger partial charge on any atom is -0.456 e. The van der Waals surface area contributed by atoms with Gasteiger partial charge in [0.15, 0.2) is 17.5 Å². The van der Waals surface area contributed by atoms with Crippen LogP contribution >= 0.6 is 0 Å². The molecule has 6 nitrogen and oxygen atoms in total. The van der Waals surface area contributed by atoms with Crippen molar-refractivity contribution in [1.29, 1.82) is 0 Å². The monoisotopic (exact) mass is 666 g/mol. The summed E-state index contributed by atoms with van der Waals surface area (Å²) in [6.07, 6.45) is 3.70. The SMILES string of the molecule is c1ccc(-c2nc(-c3cc4ccccc4cc3-c3cccc4oc5cc6cnccc6cc5c34)nc(-c3cccc4oc5ccccc5c34)n2)cc1. The molecule has 0 bridgehead atoms. The van der Waals surface area contributed by atoms with Crippen molar-refractivity contribution in [2.24, 2.45) is 0 Å². The van der Waals surface area contributed by atoms with Gasteiger partial charge in [0, 0.05) is 56.0 Å². The molecular weight excluding hydrogens is 641 g/mol. The molecule has 242 valence electrons. The molecule has 0 N–H and O–H groups in total. The van der Waals surface area contributed by atoms with Crippen molar-refractivity contribution in [3.8, 4) is 45.3 Å². The van der Waals surface area contributed by atoms with Crippen LogP contribution in [-0.4, -0.2) is 19.9 Å². The zero-order valence-electron chi connectivity index (χ0n) is 27.6. The molecule has 0 aliphatic carbocycles. The summed E-state index contributed by atoms with van der Waals surface area (Å²) in [6.45, 7) is 0. The molecule has 6 heteroatoms. The number of rotatable bonds is 4. The summed E-state index contributed by atoms with van der Waals surface area (Å²) < 4.78 is 12.8. The van der Waals surface area contributed by atoms with Gasteiger partial charge in [-0.05, 0) is 75.8 Å². The van der Waals surface area contributed by atoms with Crippen LogP contribution in [0.1, 0.15) is 0 Å². The average molecular weight is 667 g/mol. The van der Waals surface area contributed by atoms with E-state index in [4.69, 9.17) is 23.8 Å². The Labute approximate surface area is 296 Å². The smallest absolute Gasteiger partial charge is 0.164 e. The van der Waals surface area contributed by atoms with Gasteiger partial charge in [-0.15, -0.1) is 0 Å². The number of aromatic nitrogens is 4. The molecule has 0 atom stereocenters. The Morgan fingerprint density at radius 2 is 0.981 bits per heavy atom. The molecule has 11 rings (SSSR count). The molecule has 4 aromatic heterocycles. The van der Waals surface area contributed by atoms with Crippen molar-refractivity contribution in [1.82, 2.24) is 19.9 Å². The van der Waals surface area contributed by atoms with E-state index in [1.807, 2.05) is 85.2 Å². The third-order valence-electron chi connectivity index (χ3n) is 9.98. The first-order valence-corrected chi connectivity index (χ1v) is 17.2. The molecule has 0 aliphatic rings. The van der Waals surface area contributed by atoms with Gasteiger partial charge in [0.05, 0.1) is 0 Å². The van der Waals surface area contributed by atoms with Crippen molar-refractivity contribution in [3.63, 3.8) is 0 Å². The maximum Gasteiger partial charge on any atom is 0.164 e. The molecule has 4 heterocycles. The molecule has 0 amide bonds. The van der Waals surface area contributed by atoms with Gasteiger partial charge in [-0.3, -0.25) is 4.98 Å². The minimum absolute atomic E-state index is 0.576. The largest absolute Gasteiger partial charge is 0.456 e. The van der Waals surface area contributed by atoms with E-state index in [1.54, 1.807) is 0 Å². The van der Waals surface area contributed by atoms with Crippen LogP contribution in [-0.2, 0) is 0 Å². The Morgan fingerprint density at radius 1 is 0.365 bits per heavy atom. The highest BCUT2D eigenvalue weighted by molar-refractivity contribution is 6.17. The summed E-state index contributed by atoms with van der Waals surface area (Å²) in [5.74, 6) is 1.75. The Hall–Kier alpha value is -7.18. The van der Waals surface area contributed by atoms with E-state index in [9.17, 15) is 0 Å². The van der Waals surface area contributed by atoms with Crippen molar-refractivity contribution in [2.75, 3.05) is 0 Å². The highest BCUT2D eigenvalue weighted by Gasteiger charge is 2.22. The van der Waals surface area contributed by atoms with Crippen LogP contribution in [0.3, 0.4) is 0 Å².